The van der Waals surface area contributed by atoms with Gasteiger partial charge >= 0.3 is 0 Å². The van der Waals surface area contributed by atoms with E-state index < -0.39 is 0 Å². The molecule has 0 amide bonds. The van der Waals surface area contributed by atoms with Gasteiger partial charge in [0.05, 0.1) is 12.1 Å². The summed E-state index contributed by atoms with van der Waals surface area (Å²) in [6, 6.07) is 3.68. The molecule has 0 spiro atoms. The molecule has 0 bridgehead atoms. The largest absolute Gasteiger partial charge is 0.503 e. The van der Waals surface area contributed by atoms with Crippen LogP contribution < -0.4 is 4.74 Å². The Morgan fingerprint density at radius 1 is 1.50 bits per heavy atom. The number of likely N-dealkylation sites (tertiary alicyclic amines) is 1. The van der Waals surface area contributed by atoms with Gasteiger partial charge in [0, 0.05) is 13.1 Å². The first-order valence-electron chi connectivity index (χ1n) is 6.41. The van der Waals surface area contributed by atoms with Crippen molar-refractivity contribution in [3.63, 3.8) is 0 Å². The molecule has 1 aromatic rings. The van der Waals surface area contributed by atoms with Crippen LogP contribution in [0.5, 0.6) is 11.5 Å². The molecule has 1 aromatic carbocycles. The minimum Gasteiger partial charge on any atom is -0.503 e. The molecule has 3 nitrogen and oxygen atoms in total. The van der Waals surface area contributed by atoms with Crippen molar-refractivity contribution in [3.05, 3.63) is 22.7 Å². The predicted octanol–water partition coefficient (Wildman–Crippen LogP) is 3.29. The Balaban J connectivity index is 2.08. The molecule has 1 heterocycles. The highest BCUT2D eigenvalue weighted by molar-refractivity contribution is 6.32. The smallest absolute Gasteiger partial charge is 0.176 e. The third-order valence-electron chi connectivity index (χ3n) is 3.66. The number of benzene rings is 1. The highest BCUT2D eigenvalue weighted by Crippen LogP contribution is 2.35. The molecule has 4 heteroatoms. The van der Waals surface area contributed by atoms with Crippen LogP contribution in [0.4, 0.5) is 0 Å². The van der Waals surface area contributed by atoms with Gasteiger partial charge in [0.25, 0.3) is 0 Å². The second-order valence-corrected chi connectivity index (χ2v) is 5.33. The SMILES string of the molecule is CCC1CCN(Cc2cc(Cl)c(O)c(OC)c2)C1. The molecule has 100 valence electrons. The Morgan fingerprint density at radius 3 is 2.89 bits per heavy atom. The Bertz CT molecular complexity index is 423. The van der Waals surface area contributed by atoms with E-state index in [0.717, 1.165) is 31.1 Å². The van der Waals surface area contributed by atoms with Crippen LogP contribution >= 0.6 is 11.6 Å². The van der Waals surface area contributed by atoms with E-state index in [-0.39, 0.29) is 5.75 Å². The van der Waals surface area contributed by atoms with Gasteiger partial charge in [0.15, 0.2) is 11.5 Å². The lowest BCUT2D eigenvalue weighted by molar-refractivity contribution is 0.313. The zero-order chi connectivity index (χ0) is 13.1. The molecule has 0 saturated carbocycles. The van der Waals surface area contributed by atoms with E-state index in [1.807, 2.05) is 12.1 Å². The molecule has 18 heavy (non-hydrogen) atoms. The summed E-state index contributed by atoms with van der Waals surface area (Å²) >= 11 is 5.99. The van der Waals surface area contributed by atoms with Crippen LogP contribution in [0.2, 0.25) is 5.02 Å². The lowest BCUT2D eigenvalue weighted by Crippen LogP contribution is -2.20. The van der Waals surface area contributed by atoms with Gasteiger partial charge in [-0.3, -0.25) is 4.90 Å². The summed E-state index contributed by atoms with van der Waals surface area (Å²) in [5.74, 6) is 1.29. The second-order valence-electron chi connectivity index (χ2n) is 4.93. The molecular formula is C14H20ClNO2. The first-order chi connectivity index (χ1) is 8.63. The van der Waals surface area contributed by atoms with Crippen molar-refractivity contribution in [2.45, 2.75) is 26.3 Å². The molecule has 1 N–H and O–H groups in total. The molecule has 1 fully saturated rings. The maximum atomic E-state index is 9.69. The van der Waals surface area contributed by atoms with Gasteiger partial charge in [-0.2, -0.15) is 0 Å². The summed E-state index contributed by atoms with van der Waals surface area (Å²) in [4.78, 5) is 2.43. The number of hydrogen-bond acceptors (Lipinski definition) is 3. The average Bonchev–Trinajstić information content (AvgIpc) is 2.81. The quantitative estimate of drug-likeness (QED) is 0.910. The third kappa shape index (κ3) is 2.90. The topological polar surface area (TPSA) is 32.7 Å². The zero-order valence-corrected chi connectivity index (χ0v) is 11.7. The Labute approximate surface area is 113 Å². The summed E-state index contributed by atoms with van der Waals surface area (Å²) in [6.45, 7) is 5.40. The minimum atomic E-state index is 0.0239. The fourth-order valence-corrected chi connectivity index (χ4v) is 2.76. The number of ether oxygens (including phenoxy) is 1. The van der Waals surface area contributed by atoms with E-state index in [1.165, 1.54) is 20.0 Å². The minimum absolute atomic E-state index is 0.0239. The summed E-state index contributed by atoms with van der Waals surface area (Å²) in [5, 5.41) is 10.0. The number of phenols is 1. The maximum absolute atomic E-state index is 9.69. The van der Waals surface area contributed by atoms with Gasteiger partial charge in [0.1, 0.15) is 0 Å². The molecule has 1 saturated heterocycles. The molecule has 1 unspecified atom stereocenters. The van der Waals surface area contributed by atoms with E-state index in [9.17, 15) is 5.11 Å². The zero-order valence-electron chi connectivity index (χ0n) is 10.9. The third-order valence-corrected chi connectivity index (χ3v) is 3.95. The van der Waals surface area contributed by atoms with Gasteiger partial charge in [0.2, 0.25) is 0 Å². The van der Waals surface area contributed by atoms with E-state index in [2.05, 4.69) is 11.8 Å². The van der Waals surface area contributed by atoms with Crippen LogP contribution in [0.3, 0.4) is 0 Å². The number of aromatic hydroxyl groups is 1. The van der Waals surface area contributed by atoms with Crippen LogP contribution in [-0.2, 0) is 6.54 Å². The number of phenolic OH excluding ortho intramolecular Hbond substituents is 1. The van der Waals surface area contributed by atoms with E-state index >= 15 is 0 Å². The molecule has 0 radical (unpaired) electrons. The molecule has 0 aromatic heterocycles. The summed E-state index contributed by atoms with van der Waals surface area (Å²) in [7, 11) is 1.54. The summed E-state index contributed by atoms with van der Waals surface area (Å²) in [6.07, 6.45) is 2.52. The normalized spacial score (nSPS) is 20.3. The van der Waals surface area contributed by atoms with Crippen molar-refractivity contribution in [1.82, 2.24) is 4.90 Å². The fourth-order valence-electron chi connectivity index (χ4n) is 2.52. The van der Waals surface area contributed by atoms with Gasteiger partial charge in [-0.1, -0.05) is 24.9 Å². The van der Waals surface area contributed by atoms with E-state index in [0.29, 0.717) is 10.8 Å². The molecular weight excluding hydrogens is 250 g/mol. The van der Waals surface area contributed by atoms with Crippen LogP contribution in [0.15, 0.2) is 12.1 Å². The van der Waals surface area contributed by atoms with Crippen molar-refractivity contribution < 1.29 is 9.84 Å². The van der Waals surface area contributed by atoms with Crippen molar-refractivity contribution >= 4 is 11.6 Å². The molecule has 1 aliphatic heterocycles. The van der Waals surface area contributed by atoms with Gasteiger partial charge < -0.3 is 9.84 Å². The van der Waals surface area contributed by atoms with Gasteiger partial charge in [-0.15, -0.1) is 0 Å². The van der Waals surface area contributed by atoms with Crippen molar-refractivity contribution in [2.24, 2.45) is 5.92 Å². The highest BCUT2D eigenvalue weighted by Gasteiger charge is 2.21. The summed E-state index contributed by atoms with van der Waals surface area (Å²) < 4.78 is 5.12. The molecule has 1 atom stereocenters. The van der Waals surface area contributed by atoms with Crippen molar-refractivity contribution in [3.8, 4) is 11.5 Å². The highest BCUT2D eigenvalue weighted by atomic mass is 35.5. The molecule has 0 aliphatic carbocycles. The summed E-state index contributed by atoms with van der Waals surface area (Å²) in [5.41, 5.74) is 1.09. The molecule has 1 aliphatic rings. The van der Waals surface area contributed by atoms with Crippen molar-refractivity contribution in [2.75, 3.05) is 20.2 Å². The number of rotatable bonds is 4. The average molecular weight is 270 g/mol. The van der Waals surface area contributed by atoms with Crippen LogP contribution in [0.1, 0.15) is 25.3 Å². The lowest BCUT2D eigenvalue weighted by atomic mass is 10.1. The van der Waals surface area contributed by atoms with Crippen LogP contribution in [0.25, 0.3) is 0 Å². The Hall–Kier alpha value is -0.930. The van der Waals surface area contributed by atoms with Crippen LogP contribution in [-0.4, -0.2) is 30.2 Å². The fraction of sp³-hybridized carbons (Fsp3) is 0.571. The first kappa shape index (κ1) is 13.5. The number of nitrogens with zero attached hydrogens (tertiary/aromatic N) is 1. The number of hydrogen-bond donors (Lipinski definition) is 1. The van der Waals surface area contributed by atoms with E-state index in [1.54, 1.807) is 0 Å². The number of methoxy groups -OCH3 is 1. The van der Waals surface area contributed by atoms with Crippen molar-refractivity contribution in [1.29, 1.82) is 0 Å². The Kier molecular flexibility index (Phi) is 4.36. The predicted molar refractivity (Wildman–Crippen MR) is 73.3 cm³/mol. The maximum Gasteiger partial charge on any atom is 0.176 e. The standard InChI is InChI=1S/C14H20ClNO2/c1-3-10-4-5-16(8-10)9-11-6-12(15)14(17)13(7-11)18-2/h6-7,10,17H,3-5,8-9H2,1-2H3. The Morgan fingerprint density at radius 2 is 2.28 bits per heavy atom. The monoisotopic (exact) mass is 269 g/mol. The van der Waals surface area contributed by atoms with Gasteiger partial charge in [-0.25, -0.2) is 0 Å². The van der Waals surface area contributed by atoms with Gasteiger partial charge in [-0.05, 0) is 36.6 Å². The lowest BCUT2D eigenvalue weighted by Gasteiger charge is -2.17. The van der Waals surface area contributed by atoms with Crippen LogP contribution in [0, 0.1) is 5.92 Å². The molecule has 2 rings (SSSR count). The van der Waals surface area contributed by atoms with E-state index in [4.69, 9.17) is 16.3 Å². The second kappa shape index (κ2) is 5.81. The first-order valence-corrected chi connectivity index (χ1v) is 6.79. The number of halogens is 1.